The summed E-state index contributed by atoms with van der Waals surface area (Å²) in [7, 11) is 0. The van der Waals surface area contributed by atoms with E-state index in [1.54, 1.807) is 47.3 Å². The van der Waals surface area contributed by atoms with Gasteiger partial charge in [0, 0.05) is 22.9 Å². The maximum Gasteiger partial charge on any atom is 0.266 e. The summed E-state index contributed by atoms with van der Waals surface area (Å²) in [5, 5.41) is 15.8. The number of carboxylic acid groups (broad SMARTS) is 1. The summed E-state index contributed by atoms with van der Waals surface area (Å²) < 4.78 is 21.5. The highest BCUT2D eigenvalue weighted by molar-refractivity contribution is 8.26. The number of carbonyl (C=O) groups is 2. The third-order valence-electron chi connectivity index (χ3n) is 5.69. The molecule has 1 amide bonds. The lowest BCUT2D eigenvalue weighted by molar-refractivity contribution is -0.305. The van der Waals surface area contributed by atoms with E-state index in [0.717, 1.165) is 27.9 Å². The summed E-state index contributed by atoms with van der Waals surface area (Å²) in [4.78, 5) is 25.2. The summed E-state index contributed by atoms with van der Waals surface area (Å²) in [6, 6.07) is 23.1. The smallest absolute Gasteiger partial charge is 0.266 e. The molecule has 0 spiro atoms. The van der Waals surface area contributed by atoms with E-state index in [1.165, 1.54) is 6.07 Å². The van der Waals surface area contributed by atoms with E-state index in [0.29, 0.717) is 22.6 Å². The molecule has 0 radical (unpaired) electrons. The van der Waals surface area contributed by atoms with Crippen LogP contribution in [-0.2, 0) is 16.2 Å². The van der Waals surface area contributed by atoms with Crippen LogP contribution in [0.15, 0.2) is 90.0 Å². The number of benzene rings is 3. The second-order valence-electron chi connectivity index (χ2n) is 8.26. The van der Waals surface area contributed by atoms with Crippen LogP contribution in [-0.4, -0.2) is 37.4 Å². The highest BCUT2D eigenvalue weighted by atomic mass is 32.2. The van der Waals surface area contributed by atoms with Crippen LogP contribution in [0.4, 0.5) is 4.39 Å². The van der Waals surface area contributed by atoms with Crippen molar-refractivity contribution in [1.82, 2.24) is 14.7 Å². The van der Waals surface area contributed by atoms with Crippen LogP contribution in [0.3, 0.4) is 0 Å². The van der Waals surface area contributed by atoms with E-state index >= 15 is 0 Å². The molecule has 4 aromatic rings. The third-order valence-corrected chi connectivity index (χ3v) is 7.07. The van der Waals surface area contributed by atoms with Crippen LogP contribution in [0.25, 0.3) is 23.0 Å². The molecule has 38 heavy (non-hydrogen) atoms. The average Bonchev–Trinajstić information content (AvgIpc) is 3.45. The molecule has 7 nitrogen and oxygen atoms in total. The maximum atomic E-state index is 13.9. The zero-order valence-electron chi connectivity index (χ0n) is 19.7. The molecular weight excluding hydrogens is 525 g/mol. The lowest BCUT2D eigenvalue weighted by Gasteiger charge is -2.14. The number of rotatable bonds is 8. The Morgan fingerprint density at radius 1 is 1.05 bits per heavy atom. The van der Waals surface area contributed by atoms with E-state index in [4.69, 9.17) is 22.1 Å². The number of nitrogens with zero attached hydrogens (tertiary/aromatic N) is 3. The number of thiocarbonyl (C=S) groups is 1. The zero-order valence-corrected chi connectivity index (χ0v) is 21.4. The standard InChI is InChI=1S/C28H20FN3O4S2/c29-23-9-5-4-6-19(23)17-36-22-12-10-18(11-13-22)26-20(15-32(30-26)21-7-2-1-3-8-21)14-24-27(35)31(16-25(33)34)28(37)38-24/h1-15H,16-17H2,(H,33,34)/p-1. The number of para-hydroxylation sites is 1. The predicted octanol–water partition coefficient (Wildman–Crippen LogP) is 4.21. The molecule has 0 aliphatic carbocycles. The van der Waals surface area contributed by atoms with Gasteiger partial charge in [0.1, 0.15) is 22.5 Å². The monoisotopic (exact) mass is 544 g/mol. The van der Waals surface area contributed by atoms with Crippen molar-refractivity contribution in [3.63, 3.8) is 0 Å². The summed E-state index contributed by atoms with van der Waals surface area (Å²) >= 11 is 6.22. The van der Waals surface area contributed by atoms with Gasteiger partial charge in [-0.15, -0.1) is 0 Å². The molecule has 190 valence electrons. The largest absolute Gasteiger partial charge is 0.548 e. The fourth-order valence-electron chi connectivity index (χ4n) is 3.82. The lowest BCUT2D eigenvalue weighted by atomic mass is 10.1. The molecule has 5 rings (SSSR count). The van der Waals surface area contributed by atoms with Gasteiger partial charge in [0.2, 0.25) is 0 Å². The molecule has 10 heteroatoms. The van der Waals surface area contributed by atoms with Gasteiger partial charge in [-0.1, -0.05) is 60.4 Å². The number of aliphatic carboxylic acids is 1. The van der Waals surface area contributed by atoms with Gasteiger partial charge in [0.15, 0.2) is 0 Å². The molecule has 0 N–H and O–H groups in total. The van der Waals surface area contributed by atoms with E-state index in [2.05, 4.69) is 0 Å². The Morgan fingerprint density at radius 3 is 2.47 bits per heavy atom. The van der Waals surface area contributed by atoms with Crippen molar-refractivity contribution < 1.29 is 23.8 Å². The number of ether oxygens (including phenoxy) is 1. The fraction of sp³-hybridized carbons (Fsp3) is 0.0714. The second kappa shape index (κ2) is 11.0. The van der Waals surface area contributed by atoms with Gasteiger partial charge in [0.05, 0.1) is 28.8 Å². The van der Waals surface area contributed by atoms with E-state index in [9.17, 15) is 19.1 Å². The molecular formula is C28H19FN3O4S2-. The molecule has 2 heterocycles. The molecule has 1 saturated heterocycles. The minimum Gasteiger partial charge on any atom is -0.548 e. The fourth-order valence-corrected chi connectivity index (χ4v) is 5.07. The summed E-state index contributed by atoms with van der Waals surface area (Å²) in [5.41, 5.74) is 3.27. The van der Waals surface area contributed by atoms with Crippen LogP contribution < -0.4 is 9.84 Å². The summed E-state index contributed by atoms with van der Waals surface area (Å²) in [6.45, 7) is -0.514. The van der Waals surface area contributed by atoms with Gasteiger partial charge in [-0.05, 0) is 48.5 Å². The first-order chi connectivity index (χ1) is 18.4. The first-order valence-corrected chi connectivity index (χ1v) is 12.7. The van der Waals surface area contributed by atoms with Crippen LogP contribution in [0.2, 0.25) is 0 Å². The van der Waals surface area contributed by atoms with Crippen molar-refractivity contribution in [3.05, 3.63) is 107 Å². The molecule has 1 fully saturated rings. The SMILES string of the molecule is O=C([O-])CN1C(=O)C(=Cc2cn(-c3ccccc3)nc2-c2ccc(OCc3ccccc3F)cc2)SC1=S. The Labute approximate surface area is 227 Å². The molecule has 1 aliphatic rings. The number of hydrogen-bond acceptors (Lipinski definition) is 7. The van der Waals surface area contributed by atoms with Gasteiger partial charge in [0.25, 0.3) is 5.91 Å². The van der Waals surface area contributed by atoms with Crippen molar-refractivity contribution >= 4 is 46.3 Å². The average molecular weight is 545 g/mol. The molecule has 3 aromatic carbocycles. The van der Waals surface area contributed by atoms with Gasteiger partial charge in [-0.25, -0.2) is 9.07 Å². The third kappa shape index (κ3) is 5.51. The van der Waals surface area contributed by atoms with Crippen molar-refractivity contribution in [1.29, 1.82) is 0 Å². The van der Waals surface area contributed by atoms with Gasteiger partial charge in [-0.3, -0.25) is 9.69 Å². The molecule has 0 unspecified atom stereocenters. The first-order valence-electron chi connectivity index (χ1n) is 11.5. The molecule has 1 aliphatic heterocycles. The summed E-state index contributed by atoms with van der Waals surface area (Å²) in [5.74, 6) is -1.66. The number of halogens is 1. The molecule has 0 bridgehead atoms. The minimum atomic E-state index is -1.39. The number of thioether (sulfide) groups is 1. The maximum absolute atomic E-state index is 13.9. The summed E-state index contributed by atoms with van der Waals surface area (Å²) in [6.07, 6.45) is 3.44. The van der Waals surface area contributed by atoms with E-state index < -0.39 is 18.4 Å². The minimum absolute atomic E-state index is 0.0909. The number of aromatic nitrogens is 2. The predicted molar refractivity (Wildman–Crippen MR) is 145 cm³/mol. The zero-order chi connectivity index (χ0) is 26.6. The van der Waals surface area contributed by atoms with Gasteiger partial charge >= 0.3 is 0 Å². The van der Waals surface area contributed by atoms with Crippen LogP contribution in [0.5, 0.6) is 5.75 Å². The van der Waals surface area contributed by atoms with Crippen molar-refractivity contribution in [2.45, 2.75) is 6.61 Å². The highest BCUT2D eigenvalue weighted by Gasteiger charge is 2.32. The lowest BCUT2D eigenvalue weighted by Crippen LogP contribution is -2.40. The van der Waals surface area contributed by atoms with E-state index in [1.807, 2.05) is 42.5 Å². The number of hydrogen-bond donors (Lipinski definition) is 0. The quantitative estimate of drug-likeness (QED) is 0.243. The van der Waals surface area contributed by atoms with Crippen molar-refractivity contribution in [2.75, 3.05) is 6.54 Å². The Balaban J connectivity index is 1.46. The van der Waals surface area contributed by atoms with Crippen LogP contribution in [0, 0.1) is 5.82 Å². The van der Waals surface area contributed by atoms with Crippen LogP contribution >= 0.6 is 24.0 Å². The van der Waals surface area contributed by atoms with Crippen molar-refractivity contribution in [3.8, 4) is 22.7 Å². The topological polar surface area (TPSA) is 87.5 Å². The Morgan fingerprint density at radius 2 is 1.76 bits per heavy atom. The molecule has 1 aromatic heterocycles. The second-order valence-corrected chi connectivity index (χ2v) is 9.93. The van der Waals surface area contributed by atoms with Gasteiger partial charge in [-0.2, -0.15) is 5.10 Å². The van der Waals surface area contributed by atoms with E-state index in [-0.39, 0.29) is 21.6 Å². The number of carbonyl (C=O) groups excluding carboxylic acids is 2. The normalized spacial score (nSPS) is 14.3. The Hall–Kier alpha value is -4.28. The molecule has 0 saturated carbocycles. The Bertz CT molecular complexity index is 1550. The molecule has 0 atom stereocenters. The highest BCUT2D eigenvalue weighted by Crippen LogP contribution is 2.35. The Kier molecular flexibility index (Phi) is 7.34. The van der Waals surface area contributed by atoms with Crippen LogP contribution in [0.1, 0.15) is 11.1 Å². The van der Waals surface area contributed by atoms with Gasteiger partial charge < -0.3 is 14.6 Å². The first kappa shape index (κ1) is 25.4. The number of amides is 1. The number of carboxylic acids is 1. The van der Waals surface area contributed by atoms with Crippen molar-refractivity contribution in [2.24, 2.45) is 0 Å².